The van der Waals surface area contributed by atoms with Crippen molar-refractivity contribution in [2.24, 2.45) is 29.1 Å². The molecule has 1 aromatic rings. The number of hydrogen-bond donors (Lipinski definition) is 3. The van der Waals surface area contributed by atoms with Crippen LogP contribution in [0.3, 0.4) is 0 Å². The molecule has 2 bridgehead atoms. The third-order valence-corrected chi connectivity index (χ3v) is 8.65. The molecule has 4 aliphatic rings. The van der Waals surface area contributed by atoms with Crippen molar-refractivity contribution in [2.45, 2.75) is 50.9 Å². The maximum atomic E-state index is 14.3. The zero-order valence-electron chi connectivity index (χ0n) is 17.3. The highest BCUT2D eigenvalue weighted by Gasteiger charge is 2.71. The lowest BCUT2D eigenvalue weighted by Gasteiger charge is -2.33. The van der Waals surface area contributed by atoms with Gasteiger partial charge in [0.05, 0.1) is 17.9 Å². The lowest BCUT2D eigenvalue weighted by atomic mass is 9.78. The third kappa shape index (κ3) is 3.69. The summed E-state index contributed by atoms with van der Waals surface area (Å²) in [6.45, 7) is 1.01. The van der Waals surface area contributed by atoms with Crippen LogP contribution in [-0.2, 0) is 16.1 Å². The van der Waals surface area contributed by atoms with Gasteiger partial charge >= 0.3 is 0 Å². The zero-order valence-corrected chi connectivity index (χ0v) is 18.9. The summed E-state index contributed by atoms with van der Waals surface area (Å²) < 4.78 is 29.1. The second-order valence-electron chi connectivity index (χ2n) is 9.65. The molecule has 6 atom stereocenters. The third-order valence-electron chi connectivity index (χ3n) is 8.16. The smallest absolute Gasteiger partial charge is 0.224 e. The number of carbonyl (C=O) groups excluding carboxylic acids is 2. The van der Waals surface area contributed by atoms with Gasteiger partial charge in [0.25, 0.3) is 0 Å². The molecule has 8 heteroatoms. The summed E-state index contributed by atoms with van der Waals surface area (Å²) in [6.07, 6.45) is 3.49. The molecule has 1 saturated heterocycles. The summed E-state index contributed by atoms with van der Waals surface area (Å²) in [7, 11) is 0. The Morgan fingerprint density at radius 2 is 1.84 bits per heavy atom. The fourth-order valence-electron chi connectivity index (χ4n) is 6.59. The number of hydrogen-bond acceptors (Lipinski definition) is 3. The fraction of sp³-hybridized carbons (Fsp3) is 0.652. The van der Waals surface area contributed by atoms with Gasteiger partial charge in [-0.3, -0.25) is 9.59 Å². The standard InChI is InChI=1S/C23H28BrF2N3O2/c24-13-2-1-12(16(25)9-13)10-28-21(30)19-14-3-4-15(23(14)6-7-23)20(19)22(31)29-18-5-8-27-11-17(18)26/h1-2,9,14-15,17-20,27H,3-8,10-11H2,(H,28,30)(H,29,31)/t14?,15?,17-,18+,19?,20?/m0/s1. The van der Waals surface area contributed by atoms with E-state index >= 15 is 0 Å². The molecule has 1 aromatic carbocycles. The van der Waals surface area contributed by atoms with E-state index in [9.17, 15) is 18.4 Å². The minimum Gasteiger partial charge on any atom is -0.352 e. The molecule has 168 valence electrons. The van der Waals surface area contributed by atoms with Gasteiger partial charge in [-0.05, 0) is 68.0 Å². The Balaban J connectivity index is 1.32. The van der Waals surface area contributed by atoms with E-state index in [4.69, 9.17) is 0 Å². The first-order valence-electron chi connectivity index (χ1n) is 11.3. The molecule has 0 aromatic heterocycles. The Bertz CT molecular complexity index is 894. The van der Waals surface area contributed by atoms with Gasteiger partial charge in [0.15, 0.2) is 0 Å². The molecule has 0 radical (unpaired) electrons. The Morgan fingerprint density at radius 3 is 2.48 bits per heavy atom. The van der Waals surface area contributed by atoms with E-state index in [0.29, 0.717) is 23.0 Å². The normalized spacial score (nSPS) is 35.2. The van der Waals surface area contributed by atoms with Gasteiger partial charge < -0.3 is 16.0 Å². The number of piperidine rings is 1. The van der Waals surface area contributed by atoms with Gasteiger partial charge in [-0.15, -0.1) is 0 Å². The average molecular weight is 496 g/mol. The number of halogens is 3. The van der Waals surface area contributed by atoms with Crippen LogP contribution in [0.15, 0.2) is 22.7 Å². The second kappa shape index (κ2) is 8.10. The first kappa shape index (κ1) is 21.3. The van der Waals surface area contributed by atoms with Gasteiger partial charge in [-0.25, -0.2) is 8.78 Å². The predicted octanol–water partition coefficient (Wildman–Crippen LogP) is 3.07. The molecular formula is C23H28BrF2N3O2. The van der Waals surface area contributed by atoms with E-state index in [0.717, 1.165) is 25.7 Å². The highest BCUT2D eigenvalue weighted by Crippen LogP contribution is 2.74. The Kier molecular flexibility index (Phi) is 5.57. The lowest BCUT2D eigenvalue weighted by Crippen LogP contribution is -2.54. The number of nitrogens with one attached hydrogen (secondary N) is 3. The van der Waals surface area contributed by atoms with Crippen LogP contribution in [0.1, 0.15) is 37.7 Å². The molecule has 31 heavy (non-hydrogen) atoms. The summed E-state index contributed by atoms with van der Waals surface area (Å²) in [4.78, 5) is 26.6. The van der Waals surface area contributed by atoms with Crippen molar-refractivity contribution >= 4 is 27.7 Å². The van der Waals surface area contributed by atoms with Crippen LogP contribution < -0.4 is 16.0 Å². The van der Waals surface area contributed by atoms with Crippen LogP contribution in [0.25, 0.3) is 0 Å². The van der Waals surface area contributed by atoms with Crippen LogP contribution in [0, 0.1) is 34.9 Å². The molecule has 3 N–H and O–H groups in total. The lowest BCUT2D eigenvalue weighted by molar-refractivity contribution is -0.138. The Hall–Kier alpha value is -1.54. The van der Waals surface area contributed by atoms with Crippen LogP contribution in [-0.4, -0.2) is 37.1 Å². The number of carbonyl (C=O) groups is 2. The van der Waals surface area contributed by atoms with Gasteiger partial charge in [0, 0.05) is 23.1 Å². The minimum absolute atomic E-state index is 0.0913. The number of rotatable bonds is 5. The predicted molar refractivity (Wildman–Crippen MR) is 115 cm³/mol. The number of benzene rings is 1. The van der Waals surface area contributed by atoms with Crippen LogP contribution >= 0.6 is 15.9 Å². The molecular weight excluding hydrogens is 468 g/mol. The zero-order chi connectivity index (χ0) is 21.8. The van der Waals surface area contributed by atoms with E-state index in [1.165, 1.54) is 6.07 Å². The highest BCUT2D eigenvalue weighted by atomic mass is 79.9. The highest BCUT2D eigenvalue weighted by molar-refractivity contribution is 9.10. The molecule has 5 rings (SSSR count). The van der Waals surface area contributed by atoms with Gasteiger partial charge in [-0.2, -0.15) is 0 Å². The van der Waals surface area contributed by atoms with Crippen molar-refractivity contribution < 1.29 is 18.4 Å². The van der Waals surface area contributed by atoms with Crippen molar-refractivity contribution in [3.8, 4) is 0 Å². The molecule has 1 spiro atoms. The van der Waals surface area contributed by atoms with Crippen molar-refractivity contribution in [2.75, 3.05) is 13.1 Å². The van der Waals surface area contributed by atoms with Crippen molar-refractivity contribution in [1.29, 1.82) is 0 Å². The molecule has 5 nitrogen and oxygen atoms in total. The molecule has 4 unspecified atom stereocenters. The SMILES string of the molecule is O=C(NCc1ccc(Br)cc1F)C1C(C(=O)N[C@@H]2CCNC[C@@H]2F)C2CCC1C21CC1. The molecule has 1 aliphatic heterocycles. The topological polar surface area (TPSA) is 70.2 Å². The summed E-state index contributed by atoms with van der Waals surface area (Å²) in [5, 5.41) is 8.83. The van der Waals surface area contributed by atoms with E-state index in [1.807, 2.05) is 0 Å². The summed E-state index contributed by atoms with van der Waals surface area (Å²) in [5.41, 5.74) is 0.521. The molecule has 1 heterocycles. The summed E-state index contributed by atoms with van der Waals surface area (Å²) in [5.74, 6) is -1.19. The van der Waals surface area contributed by atoms with Crippen LogP contribution in [0.4, 0.5) is 8.78 Å². The monoisotopic (exact) mass is 495 g/mol. The molecule has 3 aliphatic carbocycles. The maximum absolute atomic E-state index is 14.3. The van der Waals surface area contributed by atoms with E-state index < -0.39 is 24.0 Å². The summed E-state index contributed by atoms with van der Waals surface area (Å²) >= 11 is 3.24. The largest absolute Gasteiger partial charge is 0.352 e. The molecule has 4 fully saturated rings. The van der Waals surface area contributed by atoms with Gasteiger partial charge in [0.1, 0.15) is 12.0 Å². The van der Waals surface area contributed by atoms with Gasteiger partial charge in [0.2, 0.25) is 11.8 Å². The Morgan fingerprint density at radius 1 is 1.13 bits per heavy atom. The molecule has 3 saturated carbocycles. The number of alkyl halides is 1. The quantitative estimate of drug-likeness (QED) is 0.587. The van der Waals surface area contributed by atoms with E-state index in [-0.39, 0.29) is 48.0 Å². The van der Waals surface area contributed by atoms with Gasteiger partial charge in [-0.1, -0.05) is 22.0 Å². The number of amides is 2. The van der Waals surface area contributed by atoms with Crippen LogP contribution in [0.2, 0.25) is 0 Å². The fourth-order valence-corrected chi connectivity index (χ4v) is 6.92. The average Bonchev–Trinajstić information content (AvgIpc) is 3.41. The second-order valence-corrected chi connectivity index (χ2v) is 10.6. The van der Waals surface area contributed by atoms with Crippen molar-refractivity contribution in [3.63, 3.8) is 0 Å². The van der Waals surface area contributed by atoms with E-state index in [2.05, 4.69) is 31.9 Å². The van der Waals surface area contributed by atoms with E-state index in [1.54, 1.807) is 12.1 Å². The first-order valence-corrected chi connectivity index (χ1v) is 12.1. The van der Waals surface area contributed by atoms with Crippen LogP contribution in [0.5, 0.6) is 0 Å². The maximum Gasteiger partial charge on any atom is 0.224 e. The van der Waals surface area contributed by atoms with Crippen molar-refractivity contribution in [1.82, 2.24) is 16.0 Å². The minimum atomic E-state index is -1.11. The first-order chi connectivity index (χ1) is 14.9. The van der Waals surface area contributed by atoms with Crippen molar-refractivity contribution in [3.05, 3.63) is 34.1 Å². The summed E-state index contributed by atoms with van der Waals surface area (Å²) in [6, 6.07) is 4.26. The Labute approximate surface area is 189 Å². The molecule has 2 amide bonds.